The third-order valence-electron chi connectivity index (χ3n) is 1.87. The van der Waals surface area contributed by atoms with E-state index >= 15 is 0 Å². The maximum absolute atomic E-state index is 11.2. The van der Waals surface area contributed by atoms with Gasteiger partial charge in [0, 0.05) is 26.1 Å². The number of carbonyl (C=O) groups is 2. The molecule has 1 heterocycles. The summed E-state index contributed by atoms with van der Waals surface area (Å²) in [7, 11) is 1.56. The van der Waals surface area contributed by atoms with Gasteiger partial charge in [0.15, 0.2) is 0 Å². The van der Waals surface area contributed by atoms with Gasteiger partial charge in [-0.2, -0.15) is 0 Å². The Balaban J connectivity index is 2.23. The summed E-state index contributed by atoms with van der Waals surface area (Å²) in [6.07, 6.45) is 4.73. The normalized spacial score (nSPS) is 10.3. The zero-order valence-corrected chi connectivity index (χ0v) is 9.03. The minimum atomic E-state index is -0.250. The molecule has 5 heteroatoms. The molecule has 86 valence electrons. The summed E-state index contributed by atoms with van der Waals surface area (Å²) in [5.74, 6) is 0.261. The van der Waals surface area contributed by atoms with E-state index in [0.29, 0.717) is 12.3 Å². The molecule has 0 saturated heterocycles. The first-order chi connectivity index (χ1) is 7.72. The molecule has 0 aliphatic carbocycles. The van der Waals surface area contributed by atoms with E-state index in [9.17, 15) is 9.59 Å². The van der Waals surface area contributed by atoms with Crippen molar-refractivity contribution in [3.63, 3.8) is 0 Å². The number of hydrogen-bond donors (Lipinski definition) is 2. The zero-order valence-electron chi connectivity index (χ0n) is 9.03. The highest BCUT2D eigenvalue weighted by Crippen LogP contribution is 2.01. The summed E-state index contributed by atoms with van der Waals surface area (Å²) >= 11 is 0. The molecule has 0 bridgehead atoms. The fourth-order valence-corrected chi connectivity index (χ4v) is 1.03. The van der Waals surface area contributed by atoms with Crippen LogP contribution in [-0.4, -0.2) is 25.4 Å². The van der Waals surface area contributed by atoms with Gasteiger partial charge in [-0.15, -0.1) is 0 Å². The molecule has 0 spiro atoms. The molecule has 2 amide bonds. The second kappa shape index (κ2) is 6.44. The summed E-state index contributed by atoms with van der Waals surface area (Å²) < 4.78 is 5.01. The smallest absolute Gasteiger partial charge is 0.244 e. The SMILES string of the molecule is CNC(=O)CCNC(=O)C=Cc1ccco1. The highest BCUT2D eigenvalue weighted by molar-refractivity contribution is 5.91. The highest BCUT2D eigenvalue weighted by atomic mass is 16.3. The van der Waals surface area contributed by atoms with Crippen LogP contribution >= 0.6 is 0 Å². The van der Waals surface area contributed by atoms with Crippen molar-refractivity contribution in [2.75, 3.05) is 13.6 Å². The van der Waals surface area contributed by atoms with Crippen molar-refractivity contribution in [1.82, 2.24) is 10.6 Å². The lowest BCUT2D eigenvalue weighted by Crippen LogP contribution is -2.27. The van der Waals surface area contributed by atoms with Gasteiger partial charge in [-0.05, 0) is 18.2 Å². The first kappa shape index (κ1) is 12.0. The lowest BCUT2D eigenvalue weighted by Gasteiger charge is -2.00. The van der Waals surface area contributed by atoms with Crippen LogP contribution in [0, 0.1) is 0 Å². The quantitative estimate of drug-likeness (QED) is 0.714. The molecule has 1 aromatic rings. The number of carbonyl (C=O) groups excluding carboxylic acids is 2. The lowest BCUT2D eigenvalue weighted by molar-refractivity contribution is -0.120. The van der Waals surface area contributed by atoms with Gasteiger partial charge in [-0.25, -0.2) is 0 Å². The van der Waals surface area contributed by atoms with Gasteiger partial charge in [0.05, 0.1) is 6.26 Å². The van der Waals surface area contributed by atoms with Crippen molar-refractivity contribution in [3.8, 4) is 0 Å². The second-order valence-corrected chi connectivity index (χ2v) is 3.06. The minimum Gasteiger partial charge on any atom is -0.465 e. The molecule has 0 unspecified atom stereocenters. The topological polar surface area (TPSA) is 71.3 Å². The van der Waals surface area contributed by atoms with E-state index in [0.717, 1.165) is 0 Å². The fraction of sp³-hybridized carbons (Fsp3) is 0.273. The van der Waals surface area contributed by atoms with Gasteiger partial charge in [-0.3, -0.25) is 9.59 Å². The Morgan fingerprint density at radius 2 is 2.31 bits per heavy atom. The van der Waals surface area contributed by atoms with E-state index in [1.807, 2.05) is 0 Å². The van der Waals surface area contributed by atoms with Crippen LogP contribution in [-0.2, 0) is 9.59 Å². The van der Waals surface area contributed by atoms with Crippen molar-refractivity contribution < 1.29 is 14.0 Å². The number of rotatable bonds is 5. The standard InChI is InChI=1S/C11H14N2O3/c1-12-10(14)6-7-13-11(15)5-4-9-3-2-8-16-9/h2-5,8H,6-7H2,1H3,(H,12,14)(H,13,15). The number of amides is 2. The van der Waals surface area contributed by atoms with Crippen LogP contribution in [0.4, 0.5) is 0 Å². The van der Waals surface area contributed by atoms with E-state index in [-0.39, 0.29) is 18.2 Å². The van der Waals surface area contributed by atoms with E-state index < -0.39 is 0 Å². The van der Waals surface area contributed by atoms with Crippen LogP contribution in [0.25, 0.3) is 6.08 Å². The van der Waals surface area contributed by atoms with Crippen LogP contribution in [0.5, 0.6) is 0 Å². The average Bonchev–Trinajstić information content (AvgIpc) is 2.79. The Morgan fingerprint density at radius 1 is 1.50 bits per heavy atom. The van der Waals surface area contributed by atoms with Crippen molar-refractivity contribution in [1.29, 1.82) is 0 Å². The third kappa shape index (κ3) is 4.45. The highest BCUT2D eigenvalue weighted by Gasteiger charge is 1.99. The Morgan fingerprint density at radius 3 is 2.94 bits per heavy atom. The van der Waals surface area contributed by atoms with Crippen molar-refractivity contribution in [2.45, 2.75) is 6.42 Å². The summed E-state index contributed by atoms with van der Waals surface area (Å²) in [6, 6.07) is 3.48. The molecule has 16 heavy (non-hydrogen) atoms. The third-order valence-corrected chi connectivity index (χ3v) is 1.87. The predicted molar refractivity (Wildman–Crippen MR) is 59.4 cm³/mol. The number of hydrogen-bond acceptors (Lipinski definition) is 3. The van der Waals surface area contributed by atoms with Gasteiger partial charge in [-0.1, -0.05) is 0 Å². The number of furan rings is 1. The van der Waals surface area contributed by atoms with E-state index in [4.69, 9.17) is 4.42 Å². The van der Waals surface area contributed by atoms with Crippen LogP contribution < -0.4 is 10.6 Å². The largest absolute Gasteiger partial charge is 0.465 e. The maximum Gasteiger partial charge on any atom is 0.244 e. The Labute approximate surface area is 93.5 Å². The molecule has 0 aromatic carbocycles. The molecule has 0 atom stereocenters. The Bertz CT molecular complexity index is 369. The van der Waals surface area contributed by atoms with Crippen LogP contribution in [0.2, 0.25) is 0 Å². The predicted octanol–water partition coefficient (Wildman–Crippen LogP) is 0.545. The zero-order chi connectivity index (χ0) is 11.8. The summed E-state index contributed by atoms with van der Waals surface area (Å²) in [4.78, 5) is 22.1. The van der Waals surface area contributed by atoms with Gasteiger partial charge in [0.1, 0.15) is 5.76 Å². The first-order valence-electron chi connectivity index (χ1n) is 4.92. The molecule has 0 radical (unpaired) electrons. The Hall–Kier alpha value is -2.04. The monoisotopic (exact) mass is 222 g/mol. The molecule has 0 aliphatic heterocycles. The van der Waals surface area contributed by atoms with E-state index in [2.05, 4.69) is 10.6 Å². The number of nitrogens with one attached hydrogen (secondary N) is 2. The van der Waals surface area contributed by atoms with E-state index in [1.165, 1.54) is 12.3 Å². The Kier molecular flexibility index (Phi) is 4.85. The van der Waals surface area contributed by atoms with Crippen LogP contribution in [0.1, 0.15) is 12.2 Å². The molecule has 0 saturated carbocycles. The van der Waals surface area contributed by atoms with Crippen molar-refractivity contribution in [2.24, 2.45) is 0 Å². The molecular formula is C11H14N2O3. The molecule has 5 nitrogen and oxygen atoms in total. The van der Waals surface area contributed by atoms with E-state index in [1.54, 1.807) is 25.3 Å². The van der Waals surface area contributed by atoms with Crippen LogP contribution in [0.3, 0.4) is 0 Å². The van der Waals surface area contributed by atoms with Crippen LogP contribution in [0.15, 0.2) is 28.9 Å². The van der Waals surface area contributed by atoms with Crippen molar-refractivity contribution >= 4 is 17.9 Å². The van der Waals surface area contributed by atoms with Crippen molar-refractivity contribution in [3.05, 3.63) is 30.2 Å². The molecule has 0 fully saturated rings. The molecule has 1 rings (SSSR count). The summed E-state index contributed by atoms with van der Waals surface area (Å²) in [6.45, 7) is 0.320. The van der Waals surface area contributed by atoms with Gasteiger partial charge in [0.25, 0.3) is 0 Å². The minimum absolute atomic E-state index is 0.102. The summed E-state index contributed by atoms with van der Waals surface area (Å²) in [5, 5.41) is 5.05. The second-order valence-electron chi connectivity index (χ2n) is 3.06. The van der Waals surface area contributed by atoms with Gasteiger partial charge in [0.2, 0.25) is 11.8 Å². The van der Waals surface area contributed by atoms with Gasteiger partial charge >= 0.3 is 0 Å². The summed E-state index contributed by atoms with van der Waals surface area (Å²) in [5.41, 5.74) is 0. The maximum atomic E-state index is 11.2. The van der Waals surface area contributed by atoms with Gasteiger partial charge < -0.3 is 15.1 Å². The molecule has 1 aromatic heterocycles. The average molecular weight is 222 g/mol. The first-order valence-corrected chi connectivity index (χ1v) is 4.92. The molecule has 2 N–H and O–H groups in total. The fourth-order valence-electron chi connectivity index (χ4n) is 1.03. The molecular weight excluding hydrogens is 208 g/mol. The molecule has 0 aliphatic rings. The lowest BCUT2D eigenvalue weighted by atomic mass is 10.3.